The Labute approximate surface area is 154 Å². The van der Waals surface area contributed by atoms with Crippen LogP contribution < -0.4 is 15.4 Å². The minimum atomic E-state index is 0.189. The number of aliphatic imine (C=N–C) groups is 1. The number of fused-ring (bicyclic) bond motifs is 1. The molecule has 0 amide bonds. The molecule has 0 saturated heterocycles. The lowest BCUT2D eigenvalue weighted by Gasteiger charge is -2.28. The Hall–Kier alpha value is -2.57. The number of guanidine groups is 1. The number of hydrogen-bond donors (Lipinski definition) is 2. The van der Waals surface area contributed by atoms with Crippen LogP contribution in [0.2, 0.25) is 0 Å². The van der Waals surface area contributed by atoms with Gasteiger partial charge >= 0.3 is 0 Å². The lowest BCUT2D eigenvalue weighted by atomic mass is 10.0. The van der Waals surface area contributed by atoms with Gasteiger partial charge in [0.1, 0.15) is 18.1 Å². The Bertz CT molecular complexity index is 754. The van der Waals surface area contributed by atoms with Gasteiger partial charge in [-0.15, -0.1) is 10.2 Å². The van der Waals surface area contributed by atoms with Crippen molar-refractivity contribution in [2.24, 2.45) is 12.0 Å². The molecule has 1 atom stereocenters. The number of nitrogens with one attached hydrogen (secondary N) is 2. The maximum absolute atomic E-state index is 5.76. The van der Waals surface area contributed by atoms with Crippen LogP contribution in [0.1, 0.15) is 49.4 Å². The van der Waals surface area contributed by atoms with E-state index in [0.717, 1.165) is 49.2 Å². The molecular formula is C19H28N6O. The highest BCUT2D eigenvalue weighted by molar-refractivity contribution is 5.80. The highest BCUT2D eigenvalue weighted by Gasteiger charge is 2.21. The summed E-state index contributed by atoms with van der Waals surface area (Å²) in [6, 6.07) is 8.38. The summed E-state index contributed by atoms with van der Waals surface area (Å²) >= 11 is 0. The second-order valence-electron chi connectivity index (χ2n) is 6.54. The fraction of sp³-hybridized carbons (Fsp3) is 0.526. The molecule has 1 aromatic carbocycles. The molecule has 0 spiro atoms. The lowest BCUT2D eigenvalue weighted by molar-refractivity contribution is 0.261. The molecule has 2 heterocycles. The maximum Gasteiger partial charge on any atom is 0.192 e. The minimum absolute atomic E-state index is 0.189. The van der Waals surface area contributed by atoms with Crippen LogP contribution in [0.4, 0.5) is 0 Å². The predicted molar refractivity (Wildman–Crippen MR) is 102 cm³/mol. The van der Waals surface area contributed by atoms with Gasteiger partial charge in [-0.3, -0.25) is 0 Å². The van der Waals surface area contributed by atoms with Gasteiger partial charge in [0.25, 0.3) is 0 Å². The van der Waals surface area contributed by atoms with Crippen LogP contribution in [0, 0.1) is 6.92 Å². The quantitative estimate of drug-likeness (QED) is 0.472. The summed E-state index contributed by atoms with van der Waals surface area (Å²) in [5.41, 5.74) is 1.18. The van der Waals surface area contributed by atoms with E-state index in [2.05, 4.69) is 33.8 Å². The predicted octanol–water partition coefficient (Wildman–Crippen LogP) is 2.48. The Kier molecular flexibility index (Phi) is 6.09. The summed E-state index contributed by atoms with van der Waals surface area (Å²) in [6.07, 6.45) is 3.16. The van der Waals surface area contributed by atoms with Gasteiger partial charge in [-0.2, -0.15) is 0 Å². The number of para-hydroxylation sites is 1. The lowest BCUT2D eigenvalue weighted by Crippen LogP contribution is -2.41. The van der Waals surface area contributed by atoms with Gasteiger partial charge in [0.15, 0.2) is 11.8 Å². The van der Waals surface area contributed by atoms with E-state index in [1.807, 2.05) is 36.7 Å². The first-order valence-electron chi connectivity index (χ1n) is 9.30. The molecule has 140 valence electrons. The van der Waals surface area contributed by atoms with E-state index in [-0.39, 0.29) is 6.04 Å². The number of rotatable bonds is 6. The van der Waals surface area contributed by atoms with Gasteiger partial charge in [-0.1, -0.05) is 31.5 Å². The first kappa shape index (κ1) is 18.2. The topological polar surface area (TPSA) is 76.4 Å². The fourth-order valence-corrected chi connectivity index (χ4v) is 2.93. The van der Waals surface area contributed by atoms with Crippen molar-refractivity contribution in [3.05, 3.63) is 41.5 Å². The molecule has 7 nitrogen and oxygen atoms in total. The van der Waals surface area contributed by atoms with E-state index in [9.17, 15) is 0 Å². The molecule has 1 aliphatic heterocycles. The highest BCUT2D eigenvalue weighted by atomic mass is 16.5. The smallest absolute Gasteiger partial charge is 0.192 e. The van der Waals surface area contributed by atoms with E-state index in [1.165, 1.54) is 5.56 Å². The van der Waals surface area contributed by atoms with Gasteiger partial charge in [-0.25, -0.2) is 4.99 Å². The summed E-state index contributed by atoms with van der Waals surface area (Å²) < 4.78 is 7.73. The van der Waals surface area contributed by atoms with Crippen LogP contribution in [0.3, 0.4) is 0 Å². The van der Waals surface area contributed by atoms with Crippen LogP contribution in [0.5, 0.6) is 5.75 Å². The fourth-order valence-electron chi connectivity index (χ4n) is 2.93. The minimum Gasteiger partial charge on any atom is -0.493 e. The van der Waals surface area contributed by atoms with Crippen molar-refractivity contribution in [1.82, 2.24) is 25.4 Å². The van der Waals surface area contributed by atoms with Gasteiger partial charge in [0, 0.05) is 25.6 Å². The van der Waals surface area contributed by atoms with Crippen LogP contribution in [-0.2, 0) is 13.6 Å². The van der Waals surface area contributed by atoms with Crippen molar-refractivity contribution in [3.63, 3.8) is 0 Å². The summed E-state index contributed by atoms with van der Waals surface area (Å²) in [5, 5.41) is 15.3. The monoisotopic (exact) mass is 356 g/mol. The molecule has 0 radical (unpaired) electrons. The van der Waals surface area contributed by atoms with Crippen molar-refractivity contribution in [1.29, 1.82) is 0 Å². The molecule has 1 unspecified atom stereocenters. The highest BCUT2D eigenvalue weighted by Crippen LogP contribution is 2.31. The normalized spacial score (nSPS) is 16.7. The second-order valence-corrected chi connectivity index (χ2v) is 6.54. The Morgan fingerprint density at radius 3 is 2.96 bits per heavy atom. The van der Waals surface area contributed by atoms with E-state index in [1.54, 1.807) is 0 Å². The van der Waals surface area contributed by atoms with Crippen LogP contribution in [-0.4, -0.2) is 33.9 Å². The Balaban J connectivity index is 1.74. The standard InChI is InChI=1S/C19H28N6O/c1-4-5-11-20-19(21-13-18-24-23-14(2)25(18)3)22-16-10-12-26-17-9-7-6-8-15(16)17/h6-9,16H,4-5,10-13H2,1-3H3,(H2,20,21,22). The Morgan fingerprint density at radius 1 is 1.35 bits per heavy atom. The number of nitrogens with zero attached hydrogens (tertiary/aromatic N) is 4. The molecule has 1 aliphatic rings. The summed E-state index contributed by atoms with van der Waals surface area (Å²) in [5.74, 6) is 3.50. The van der Waals surface area contributed by atoms with Crippen molar-refractivity contribution in [2.75, 3.05) is 13.2 Å². The molecule has 26 heavy (non-hydrogen) atoms. The Morgan fingerprint density at radius 2 is 2.19 bits per heavy atom. The molecule has 2 N–H and O–H groups in total. The van der Waals surface area contributed by atoms with E-state index in [4.69, 9.17) is 9.73 Å². The SMILES string of the molecule is CCCCNC(=NCc1nnc(C)n1C)NC1CCOc2ccccc21. The maximum atomic E-state index is 5.76. The number of unbranched alkanes of at least 4 members (excludes halogenated alkanes) is 1. The molecule has 0 saturated carbocycles. The van der Waals surface area contributed by atoms with Gasteiger partial charge in [0.2, 0.25) is 0 Å². The van der Waals surface area contributed by atoms with E-state index in [0.29, 0.717) is 13.2 Å². The number of ether oxygens (including phenoxy) is 1. The number of benzene rings is 1. The van der Waals surface area contributed by atoms with Crippen LogP contribution in [0.15, 0.2) is 29.3 Å². The second kappa shape index (κ2) is 8.69. The summed E-state index contributed by atoms with van der Waals surface area (Å²) in [6.45, 7) is 6.22. The summed E-state index contributed by atoms with van der Waals surface area (Å²) in [7, 11) is 1.96. The third-order valence-electron chi connectivity index (χ3n) is 4.65. The first-order valence-corrected chi connectivity index (χ1v) is 9.30. The van der Waals surface area contributed by atoms with E-state index >= 15 is 0 Å². The van der Waals surface area contributed by atoms with Gasteiger partial charge in [-0.05, 0) is 19.4 Å². The van der Waals surface area contributed by atoms with E-state index < -0.39 is 0 Å². The van der Waals surface area contributed by atoms with Crippen molar-refractivity contribution in [3.8, 4) is 5.75 Å². The molecule has 0 aliphatic carbocycles. The average molecular weight is 356 g/mol. The molecule has 0 bridgehead atoms. The zero-order valence-electron chi connectivity index (χ0n) is 15.8. The average Bonchev–Trinajstić information content (AvgIpc) is 2.98. The number of hydrogen-bond acceptors (Lipinski definition) is 4. The third-order valence-corrected chi connectivity index (χ3v) is 4.65. The molecule has 7 heteroatoms. The molecular weight excluding hydrogens is 328 g/mol. The molecule has 2 aromatic rings. The zero-order valence-corrected chi connectivity index (χ0v) is 15.8. The molecule has 3 rings (SSSR count). The number of aromatic nitrogens is 3. The summed E-state index contributed by atoms with van der Waals surface area (Å²) in [4.78, 5) is 4.74. The largest absolute Gasteiger partial charge is 0.493 e. The van der Waals surface area contributed by atoms with Crippen molar-refractivity contribution < 1.29 is 4.74 Å². The van der Waals surface area contributed by atoms with Crippen molar-refractivity contribution >= 4 is 5.96 Å². The van der Waals surface area contributed by atoms with Crippen LogP contribution >= 0.6 is 0 Å². The molecule has 1 aromatic heterocycles. The zero-order chi connectivity index (χ0) is 18.4. The van der Waals surface area contributed by atoms with Crippen molar-refractivity contribution in [2.45, 2.75) is 45.7 Å². The van der Waals surface area contributed by atoms with Gasteiger partial charge in [0.05, 0.1) is 12.6 Å². The molecule has 0 fully saturated rings. The van der Waals surface area contributed by atoms with Crippen LogP contribution in [0.25, 0.3) is 0 Å². The van der Waals surface area contributed by atoms with Gasteiger partial charge < -0.3 is 19.9 Å². The number of aryl methyl sites for hydroxylation is 1. The third kappa shape index (κ3) is 4.33. The first-order chi connectivity index (χ1) is 12.7.